The molecule has 1 amide bonds. The van der Waals surface area contributed by atoms with Crippen molar-refractivity contribution in [2.75, 3.05) is 12.3 Å². The van der Waals surface area contributed by atoms with E-state index < -0.39 is 21.5 Å². The van der Waals surface area contributed by atoms with Crippen LogP contribution >= 0.6 is 0 Å². The second-order valence-electron chi connectivity index (χ2n) is 6.06. The Bertz CT molecular complexity index is 729. The normalized spacial score (nSPS) is 21.0. The van der Waals surface area contributed by atoms with Crippen LogP contribution in [0.2, 0.25) is 0 Å². The Hall–Kier alpha value is -1.93. The zero-order valence-electron chi connectivity index (χ0n) is 13.8. The Labute approximate surface area is 141 Å². The fourth-order valence-electron chi connectivity index (χ4n) is 2.73. The number of aliphatic carboxylic acids is 1. The van der Waals surface area contributed by atoms with E-state index >= 15 is 0 Å². The number of benzene rings is 1. The average Bonchev–Trinajstić information content (AvgIpc) is 2.96. The number of carbonyl (C=O) groups excluding carboxylic acids is 1. The van der Waals surface area contributed by atoms with E-state index in [1.54, 1.807) is 38.1 Å². The van der Waals surface area contributed by atoms with Crippen molar-refractivity contribution in [2.45, 2.75) is 38.8 Å². The lowest BCUT2D eigenvalue weighted by atomic mass is 9.98. The van der Waals surface area contributed by atoms with Crippen LogP contribution in [-0.4, -0.2) is 48.1 Å². The maximum atomic E-state index is 12.6. The largest absolute Gasteiger partial charge is 0.480 e. The quantitative estimate of drug-likeness (QED) is 0.799. The summed E-state index contributed by atoms with van der Waals surface area (Å²) in [6.07, 6.45) is 1.09. The minimum absolute atomic E-state index is 0.00625. The number of sulfonamides is 1. The molecule has 1 unspecified atom stereocenters. The first-order chi connectivity index (χ1) is 11.2. The number of carboxylic acid groups (broad SMARTS) is 1. The van der Waals surface area contributed by atoms with Crippen molar-refractivity contribution in [2.24, 2.45) is 0 Å². The third-order valence-corrected chi connectivity index (χ3v) is 5.77. The van der Waals surface area contributed by atoms with Gasteiger partial charge in [-0.3, -0.25) is 4.79 Å². The van der Waals surface area contributed by atoms with Gasteiger partial charge in [0.2, 0.25) is 10.0 Å². The third-order valence-electron chi connectivity index (χ3n) is 4.42. The van der Waals surface area contributed by atoms with Crippen LogP contribution in [0.5, 0.6) is 0 Å². The lowest BCUT2D eigenvalue weighted by Crippen LogP contribution is -2.50. The van der Waals surface area contributed by atoms with E-state index in [0.717, 1.165) is 5.56 Å². The fourth-order valence-corrected chi connectivity index (χ4v) is 3.32. The summed E-state index contributed by atoms with van der Waals surface area (Å²) in [7, 11) is -3.27. The van der Waals surface area contributed by atoms with E-state index in [1.165, 1.54) is 4.90 Å². The summed E-state index contributed by atoms with van der Waals surface area (Å²) in [6.45, 7) is 3.69. The van der Waals surface area contributed by atoms with Crippen molar-refractivity contribution in [1.82, 2.24) is 9.62 Å². The molecule has 0 saturated carbocycles. The molecule has 24 heavy (non-hydrogen) atoms. The molecule has 1 atom stereocenters. The van der Waals surface area contributed by atoms with E-state index in [1.807, 2.05) is 0 Å². The molecule has 0 spiro atoms. The summed E-state index contributed by atoms with van der Waals surface area (Å²) in [5.74, 6) is -1.32. The van der Waals surface area contributed by atoms with Crippen molar-refractivity contribution in [3.63, 3.8) is 0 Å². The summed E-state index contributed by atoms with van der Waals surface area (Å²) in [5.41, 5.74) is -0.0514. The molecule has 2 rings (SSSR count). The van der Waals surface area contributed by atoms with Gasteiger partial charge in [-0.2, -0.15) is 0 Å². The van der Waals surface area contributed by atoms with Gasteiger partial charge in [-0.05, 0) is 44.4 Å². The number of carbonyl (C=O) groups is 2. The molecule has 1 fully saturated rings. The molecule has 0 radical (unpaired) electrons. The van der Waals surface area contributed by atoms with Crippen molar-refractivity contribution in [3.8, 4) is 0 Å². The zero-order chi connectivity index (χ0) is 18.0. The predicted octanol–water partition coefficient (Wildman–Crippen LogP) is 1.21. The standard InChI is InChI=1S/C16H22N2O5S/c1-3-24(22,23)17-11-12-5-7-13(8-6-12)14(19)18-10-4-9-16(18,2)15(20)21/h5-8,17H,3-4,9-11H2,1-2H3,(H,20,21). The maximum absolute atomic E-state index is 12.6. The first-order valence-corrected chi connectivity index (χ1v) is 9.46. The Kier molecular flexibility index (Phi) is 5.29. The monoisotopic (exact) mass is 354 g/mol. The molecule has 1 aliphatic heterocycles. The minimum Gasteiger partial charge on any atom is -0.480 e. The number of nitrogens with zero attached hydrogens (tertiary/aromatic N) is 1. The van der Waals surface area contributed by atoms with Crippen molar-refractivity contribution in [1.29, 1.82) is 0 Å². The van der Waals surface area contributed by atoms with E-state index in [2.05, 4.69) is 4.72 Å². The van der Waals surface area contributed by atoms with Gasteiger partial charge in [0, 0.05) is 18.7 Å². The second kappa shape index (κ2) is 6.90. The SMILES string of the molecule is CCS(=O)(=O)NCc1ccc(C(=O)N2CCCC2(C)C(=O)O)cc1. The molecule has 2 N–H and O–H groups in total. The van der Waals surface area contributed by atoms with Gasteiger partial charge in [0.25, 0.3) is 5.91 Å². The Morgan fingerprint density at radius 2 is 1.92 bits per heavy atom. The second-order valence-corrected chi connectivity index (χ2v) is 8.16. The number of nitrogens with one attached hydrogen (secondary N) is 1. The minimum atomic E-state index is -3.27. The van der Waals surface area contributed by atoms with Crippen LogP contribution in [0.4, 0.5) is 0 Å². The fraction of sp³-hybridized carbons (Fsp3) is 0.500. The molecular weight excluding hydrogens is 332 g/mol. The van der Waals surface area contributed by atoms with Gasteiger partial charge in [-0.25, -0.2) is 17.9 Å². The van der Waals surface area contributed by atoms with E-state index in [9.17, 15) is 23.1 Å². The Morgan fingerprint density at radius 1 is 1.29 bits per heavy atom. The van der Waals surface area contributed by atoms with E-state index in [0.29, 0.717) is 24.9 Å². The maximum Gasteiger partial charge on any atom is 0.329 e. The van der Waals surface area contributed by atoms with Gasteiger partial charge in [0.15, 0.2) is 0 Å². The molecule has 8 heteroatoms. The van der Waals surface area contributed by atoms with E-state index in [-0.39, 0.29) is 18.2 Å². The topological polar surface area (TPSA) is 104 Å². The van der Waals surface area contributed by atoms with Gasteiger partial charge < -0.3 is 10.0 Å². The van der Waals surface area contributed by atoms with Crippen molar-refractivity contribution in [3.05, 3.63) is 35.4 Å². The molecular formula is C16H22N2O5S. The zero-order valence-corrected chi connectivity index (χ0v) is 14.6. The molecule has 1 saturated heterocycles. The summed E-state index contributed by atoms with van der Waals surface area (Å²) in [6, 6.07) is 6.52. The van der Waals surface area contributed by atoms with Gasteiger partial charge in [-0.15, -0.1) is 0 Å². The highest BCUT2D eigenvalue weighted by atomic mass is 32.2. The van der Waals surface area contributed by atoms with Gasteiger partial charge in [0.05, 0.1) is 5.75 Å². The predicted molar refractivity (Wildman–Crippen MR) is 89.1 cm³/mol. The van der Waals surface area contributed by atoms with Crippen molar-refractivity contribution >= 4 is 21.9 Å². The van der Waals surface area contributed by atoms with Crippen LogP contribution in [0.1, 0.15) is 42.6 Å². The van der Waals surface area contributed by atoms with Gasteiger partial charge in [0.1, 0.15) is 5.54 Å². The lowest BCUT2D eigenvalue weighted by molar-refractivity contribution is -0.147. The average molecular weight is 354 g/mol. The number of rotatable bonds is 6. The van der Waals surface area contributed by atoms with Gasteiger partial charge in [-0.1, -0.05) is 12.1 Å². The summed E-state index contributed by atoms with van der Waals surface area (Å²) in [5, 5.41) is 9.39. The smallest absolute Gasteiger partial charge is 0.329 e. The highest BCUT2D eigenvalue weighted by Crippen LogP contribution is 2.30. The van der Waals surface area contributed by atoms with Crippen LogP contribution in [0.25, 0.3) is 0 Å². The van der Waals surface area contributed by atoms with Crippen LogP contribution in [0, 0.1) is 0 Å². The molecule has 1 heterocycles. The first kappa shape index (κ1) is 18.4. The lowest BCUT2D eigenvalue weighted by Gasteiger charge is -2.31. The molecule has 1 aliphatic rings. The summed E-state index contributed by atoms with van der Waals surface area (Å²) in [4.78, 5) is 25.5. The Balaban J connectivity index is 2.10. The molecule has 0 aliphatic carbocycles. The summed E-state index contributed by atoms with van der Waals surface area (Å²) < 4.78 is 25.3. The van der Waals surface area contributed by atoms with E-state index in [4.69, 9.17) is 0 Å². The van der Waals surface area contributed by atoms with Crippen LogP contribution in [0.15, 0.2) is 24.3 Å². The first-order valence-electron chi connectivity index (χ1n) is 7.81. The Morgan fingerprint density at radius 3 is 2.46 bits per heavy atom. The highest BCUT2D eigenvalue weighted by molar-refractivity contribution is 7.89. The third kappa shape index (κ3) is 3.76. The molecule has 0 bridgehead atoms. The number of likely N-dealkylation sites (tertiary alicyclic amines) is 1. The highest BCUT2D eigenvalue weighted by Gasteiger charge is 2.46. The number of hydrogen-bond donors (Lipinski definition) is 2. The molecule has 1 aromatic rings. The molecule has 1 aromatic carbocycles. The summed E-state index contributed by atoms with van der Waals surface area (Å²) >= 11 is 0. The van der Waals surface area contributed by atoms with Gasteiger partial charge >= 0.3 is 5.97 Å². The number of amides is 1. The number of carboxylic acids is 1. The van der Waals surface area contributed by atoms with Crippen LogP contribution < -0.4 is 4.72 Å². The number of hydrogen-bond acceptors (Lipinski definition) is 4. The van der Waals surface area contributed by atoms with Crippen LogP contribution in [-0.2, 0) is 21.4 Å². The van der Waals surface area contributed by atoms with Crippen LogP contribution in [0.3, 0.4) is 0 Å². The molecule has 7 nitrogen and oxygen atoms in total. The molecule has 0 aromatic heterocycles. The van der Waals surface area contributed by atoms with Crippen molar-refractivity contribution < 1.29 is 23.1 Å². The molecule has 132 valence electrons.